The summed E-state index contributed by atoms with van der Waals surface area (Å²) in [6.07, 6.45) is 35.3. The molecule has 308 valence electrons. The van der Waals surface area contributed by atoms with Crippen molar-refractivity contribution in [1.82, 2.24) is 0 Å². The number of phosphoric ester groups is 1. The SMILES string of the molecule is CCCCCC/C=C/CCCCCCCCCC(=O)O[C@H](COC(=O)CCCCCCCCCCCCCCC)COP(=O)(O)OCC[N+](C)(C)C. The molecule has 0 spiro atoms. The highest BCUT2D eigenvalue weighted by Gasteiger charge is 2.27. The van der Waals surface area contributed by atoms with Gasteiger partial charge in [-0.25, -0.2) is 4.57 Å². The maximum Gasteiger partial charge on any atom is 0.472 e. The van der Waals surface area contributed by atoms with Gasteiger partial charge in [0.25, 0.3) is 0 Å². The Bertz CT molecular complexity index is 907. The highest BCUT2D eigenvalue weighted by molar-refractivity contribution is 7.47. The number of ether oxygens (including phenoxy) is 2. The fraction of sp³-hybridized carbons (Fsp3) is 0.905. The van der Waals surface area contributed by atoms with E-state index in [2.05, 4.69) is 26.0 Å². The van der Waals surface area contributed by atoms with Crippen molar-refractivity contribution < 1.29 is 42.1 Å². The number of hydrogen-bond acceptors (Lipinski definition) is 7. The second-order valence-electron chi connectivity index (χ2n) is 15.7. The lowest BCUT2D eigenvalue weighted by molar-refractivity contribution is -0.870. The minimum Gasteiger partial charge on any atom is -0.462 e. The fourth-order valence-electron chi connectivity index (χ4n) is 5.89. The van der Waals surface area contributed by atoms with Crippen molar-refractivity contribution in [2.75, 3.05) is 47.5 Å². The molecule has 0 heterocycles. The summed E-state index contributed by atoms with van der Waals surface area (Å²) in [7, 11) is 1.48. The van der Waals surface area contributed by atoms with Crippen molar-refractivity contribution in [2.24, 2.45) is 0 Å². The molecule has 1 N–H and O–H groups in total. The third-order valence-electron chi connectivity index (χ3n) is 9.30. The zero-order chi connectivity index (χ0) is 38.6. The topological polar surface area (TPSA) is 108 Å². The van der Waals surface area contributed by atoms with Crippen LogP contribution in [-0.4, -0.2) is 74.9 Å². The molecule has 0 bridgehead atoms. The molecule has 0 aromatic heterocycles. The summed E-state index contributed by atoms with van der Waals surface area (Å²) in [5.41, 5.74) is 0. The molecule has 1 unspecified atom stereocenters. The lowest BCUT2D eigenvalue weighted by Gasteiger charge is -2.24. The number of carbonyl (C=O) groups is 2. The highest BCUT2D eigenvalue weighted by Crippen LogP contribution is 2.43. The quantitative estimate of drug-likeness (QED) is 0.0217. The average molecular weight is 761 g/mol. The Balaban J connectivity index is 4.36. The van der Waals surface area contributed by atoms with Gasteiger partial charge >= 0.3 is 19.8 Å². The molecule has 52 heavy (non-hydrogen) atoms. The number of esters is 2. The van der Waals surface area contributed by atoms with Gasteiger partial charge in [-0.05, 0) is 38.5 Å². The molecule has 0 aliphatic rings. The summed E-state index contributed by atoms with van der Waals surface area (Å²) in [5, 5.41) is 0. The smallest absolute Gasteiger partial charge is 0.462 e. The monoisotopic (exact) mass is 761 g/mol. The molecular formula is C42H83NO8P+. The molecular weight excluding hydrogens is 677 g/mol. The van der Waals surface area contributed by atoms with Crippen LogP contribution >= 0.6 is 7.82 Å². The van der Waals surface area contributed by atoms with E-state index in [-0.39, 0.29) is 25.6 Å². The number of quaternary nitrogens is 1. The lowest BCUT2D eigenvalue weighted by atomic mass is 10.0. The molecule has 0 saturated carbocycles. The van der Waals surface area contributed by atoms with Gasteiger partial charge in [0.2, 0.25) is 0 Å². The number of hydrogen-bond donors (Lipinski definition) is 1. The van der Waals surface area contributed by atoms with Gasteiger partial charge in [0.1, 0.15) is 19.8 Å². The van der Waals surface area contributed by atoms with Gasteiger partial charge in [-0.1, -0.05) is 154 Å². The minimum atomic E-state index is -4.37. The Morgan fingerprint density at radius 1 is 0.577 bits per heavy atom. The Labute approximate surface area is 320 Å². The van der Waals surface area contributed by atoms with E-state index in [1.165, 1.54) is 116 Å². The second kappa shape index (κ2) is 35.5. The van der Waals surface area contributed by atoms with E-state index in [0.29, 0.717) is 23.9 Å². The molecule has 0 fully saturated rings. The number of rotatable bonds is 39. The number of phosphoric acid groups is 1. The third kappa shape index (κ3) is 38.5. The van der Waals surface area contributed by atoms with Gasteiger partial charge in [-0.2, -0.15) is 0 Å². The summed E-state index contributed by atoms with van der Waals surface area (Å²) in [5.74, 6) is -0.796. The van der Waals surface area contributed by atoms with E-state index in [4.69, 9.17) is 18.5 Å². The number of unbranched alkanes of at least 4 members (excludes halogenated alkanes) is 23. The Hall–Kier alpha value is -1.25. The first-order chi connectivity index (χ1) is 25.0. The van der Waals surface area contributed by atoms with E-state index in [1.807, 2.05) is 21.1 Å². The lowest BCUT2D eigenvalue weighted by Crippen LogP contribution is -2.37. The zero-order valence-corrected chi connectivity index (χ0v) is 35.5. The van der Waals surface area contributed by atoms with E-state index in [0.717, 1.165) is 44.9 Å². The molecule has 0 saturated heterocycles. The van der Waals surface area contributed by atoms with Gasteiger partial charge in [0, 0.05) is 12.8 Å². The van der Waals surface area contributed by atoms with Crippen LogP contribution in [0.1, 0.15) is 194 Å². The molecule has 10 heteroatoms. The Morgan fingerprint density at radius 2 is 0.981 bits per heavy atom. The van der Waals surface area contributed by atoms with E-state index < -0.39 is 26.5 Å². The normalized spacial score (nSPS) is 13.7. The predicted molar refractivity (Wildman–Crippen MR) is 215 cm³/mol. The first-order valence-corrected chi connectivity index (χ1v) is 22.9. The number of likely N-dealkylation sites (N-methyl/N-ethyl adjacent to an activating group) is 1. The molecule has 0 amide bonds. The Morgan fingerprint density at radius 3 is 1.44 bits per heavy atom. The summed E-state index contributed by atoms with van der Waals surface area (Å²) < 4.78 is 34.3. The number of carbonyl (C=O) groups excluding carboxylic acids is 2. The molecule has 0 aromatic rings. The van der Waals surface area contributed by atoms with E-state index in [1.54, 1.807) is 0 Å². The standard InChI is InChI=1S/C42H82NO8P/c1-6-8-10-12-14-16-18-20-21-23-25-27-29-31-33-35-42(45)51-40(39-50-52(46,47)49-37-36-43(3,4)5)38-48-41(44)34-32-30-28-26-24-22-19-17-15-13-11-9-7-2/h16,18,40H,6-15,17,19-39H2,1-5H3/p+1/b18-16+/t40-/m1/s1. The largest absolute Gasteiger partial charge is 0.472 e. The van der Waals surface area contributed by atoms with Crippen LogP contribution in [0.15, 0.2) is 12.2 Å². The van der Waals surface area contributed by atoms with Crippen molar-refractivity contribution in [3.05, 3.63) is 12.2 Å². The van der Waals surface area contributed by atoms with Crippen molar-refractivity contribution >= 4 is 19.8 Å². The molecule has 0 aliphatic heterocycles. The van der Waals surface area contributed by atoms with Gasteiger partial charge in [0.15, 0.2) is 6.10 Å². The summed E-state index contributed by atoms with van der Waals surface area (Å²) >= 11 is 0. The fourth-order valence-corrected chi connectivity index (χ4v) is 6.63. The van der Waals surface area contributed by atoms with Gasteiger partial charge in [-0.3, -0.25) is 18.6 Å². The van der Waals surface area contributed by atoms with Crippen molar-refractivity contribution in [3.63, 3.8) is 0 Å². The van der Waals surface area contributed by atoms with Crippen molar-refractivity contribution in [1.29, 1.82) is 0 Å². The number of allylic oxidation sites excluding steroid dienone is 2. The summed E-state index contributed by atoms with van der Waals surface area (Å²) in [6, 6.07) is 0. The first-order valence-electron chi connectivity index (χ1n) is 21.4. The Kier molecular flexibility index (Phi) is 34.6. The predicted octanol–water partition coefficient (Wildman–Crippen LogP) is 11.8. The van der Waals surface area contributed by atoms with Gasteiger partial charge in [0.05, 0.1) is 27.7 Å². The number of nitrogens with zero attached hydrogens (tertiary/aromatic N) is 1. The second-order valence-corrected chi connectivity index (χ2v) is 17.2. The summed E-state index contributed by atoms with van der Waals surface area (Å²) in [4.78, 5) is 35.3. The molecule has 2 atom stereocenters. The molecule has 0 rings (SSSR count). The van der Waals surface area contributed by atoms with Crippen molar-refractivity contribution in [2.45, 2.75) is 200 Å². The van der Waals surface area contributed by atoms with Crippen LogP contribution in [0.3, 0.4) is 0 Å². The molecule has 0 radical (unpaired) electrons. The first kappa shape index (κ1) is 50.8. The molecule has 0 aromatic carbocycles. The highest BCUT2D eigenvalue weighted by atomic mass is 31.2. The van der Waals surface area contributed by atoms with Crippen LogP contribution in [0.2, 0.25) is 0 Å². The zero-order valence-electron chi connectivity index (χ0n) is 34.6. The molecule has 0 aliphatic carbocycles. The van der Waals surface area contributed by atoms with E-state index >= 15 is 0 Å². The van der Waals surface area contributed by atoms with Crippen molar-refractivity contribution in [3.8, 4) is 0 Å². The maximum absolute atomic E-state index is 12.7. The van der Waals surface area contributed by atoms with Crippen LogP contribution in [0.25, 0.3) is 0 Å². The van der Waals surface area contributed by atoms with Crippen LogP contribution in [-0.2, 0) is 32.7 Å². The van der Waals surface area contributed by atoms with Crippen LogP contribution in [0.4, 0.5) is 0 Å². The minimum absolute atomic E-state index is 0.0338. The van der Waals surface area contributed by atoms with E-state index in [9.17, 15) is 19.0 Å². The summed E-state index contributed by atoms with van der Waals surface area (Å²) in [6.45, 7) is 4.42. The van der Waals surface area contributed by atoms with Crippen LogP contribution in [0, 0.1) is 0 Å². The van der Waals surface area contributed by atoms with Crippen LogP contribution < -0.4 is 0 Å². The van der Waals surface area contributed by atoms with Gasteiger partial charge < -0.3 is 18.9 Å². The maximum atomic E-state index is 12.7. The van der Waals surface area contributed by atoms with Gasteiger partial charge in [-0.15, -0.1) is 0 Å². The molecule has 9 nitrogen and oxygen atoms in total. The van der Waals surface area contributed by atoms with Crippen LogP contribution in [0.5, 0.6) is 0 Å². The third-order valence-corrected chi connectivity index (χ3v) is 10.3. The average Bonchev–Trinajstić information content (AvgIpc) is 3.09.